The molecule has 0 spiro atoms. The van der Waals surface area contributed by atoms with Crippen molar-refractivity contribution in [2.45, 2.75) is 18.9 Å². The number of likely N-dealkylation sites (tertiary alicyclic amines) is 1. The third kappa shape index (κ3) is 3.44. The first-order valence-electron chi connectivity index (χ1n) is 7.99. The van der Waals surface area contributed by atoms with Crippen molar-refractivity contribution in [2.24, 2.45) is 0 Å². The van der Waals surface area contributed by atoms with Gasteiger partial charge < -0.3 is 4.90 Å². The maximum atomic E-state index is 12.3. The predicted molar refractivity (Wildman–Crippen MR) is 84.1 cm³/mol. The molecule has 0 radical (unpaired) electrons. The Morgan fingerprint density at radius 3 is 2.52 bits per heavy atom. The number of likely N-dealkylation sites (N-methyl/N-ethyl adjacent to an activating group) is 1. The van der Waals surface area contributed by atoms with Crippen molar-refractivity contribution in [1.29, 1.82) is 0 Å². The van der Waals surface area contributed by atoms with E-state index in [0.29, 0.717) is 18.5 Å². The molecule has 1 aromatic carbocycles. The Kier molecular flexibility index (Phi) is 4.56. The van der Waals surface area contributed by atoms with Gasteiger partial charge in [-0.25, -0.2) is 0 Å². The number of hydrogen-bond donors (Lipinski definition) is 0. The van der Waals surface area contributed by atoms with Crippen molar-refractivity contribution >= 4 is 5.91 Å². The smallest absolute Gasteiger partial charge is 0.236 e. The Bertz CT molecular complexity index is 470. The van der Waals surface area contributed by atoms with Gasteiger partial charge in [-0.15, -0.1) is 0 Å². The summed E-state index contributed by atoms with van der Waals surface area (Å²) in [5, 5.41) is 0. The average Bonchev–Trinajstić information content (AvgIpc) is 3.04. The van der Waals surface area contributed by atoms with Crippen LogP contribution in [0.25, 0.3) is 0 Å². The van der Waals surface area contributed by atoms with Gasteiger partial charge in [-0.3, -0.25) is 14.6 Å². The maximum Gasteiger partial charge on any atom is 0.236 e. The van der Waals surface area contributed by atoms with E-state index in [4.69, 9.17) is 0 Å². The molecule has 0 unspecified atom stereocenters. The van der Waals surface area contributed by atoms with Gasteiger partial charge in [-0.1, -0.05) is 30.3 Å². The molecule has 0 aliphatic carbocycles. The lowest BCUT2D eigenvalue weighted by Gasteiger charge is -2.39. The summed E-state index contributed by atoms with van der Waals surface area (Å²) in [5.41, 5.74) is 1.35. The van der Waals surface area contributed by atoms with Crippen LogP contribution < -0.4 is 0 Å². The van der Waals surface area contributed by atoms with E-state index in [1.807, 2.05) is 4.90 Å². The molecule has 21 heavy (non-hydrogen) atoms. The number of nitrogens with zero attached hydrogens (tertiary/aromatic N) is 3. The summed E-state index contributed by atoms with van der Waals surface area (Å²) in [6, 6.07) is 11.0. The highest BCUT2D eigenvalue weighted by atomic mass is 16.2. The van der Waals surface area contributed by atoms with Crippen LogP contribution in [-0.2, 0) is 4.79 Å². The van der Waals surface area contributed by atoms with Crippen LogP contribution in [-0.4, -0.2) is 66.9 Å². The summed E-state index contributed by atoms with van der Waals surface area (Å²) >= 11 is 0. The number of carbonyl (C=O) groups is 1. The number of piperazine rings is 1. The quantitative estimate of drug-likeness (QED) is 0.845. The summed E-state index contributed by atoms with van der Waals surface area (Å²) in [7, 11) is 2.18. The van der Waals surface area contributed by atoms with E-state index in [9.17, 15) is 4.79 Å². The van der Waals surface area contributed by atoms with Crippen molar-refractivity contribution in [2.75, 3.05) is 46.3 Å². The lowest BCUT2D eigenvalue weighted by molar-refractivity contribution is -0.132. The molecule has 0 bridgehead atoms. The SMILES string of the molecule is CN1CCN(CC(=O)N2CCCC2)C[C@@H]1c1ccccc1. The molecule has 1 aromatic rings. The molecule has 2 heterocycles. The average molecular weight is 287 g/mol. The molecule has 4 nitrogen and oxygen atoms in total. The van der Waals surface area contributed by atoms with E-state index < -0.39 is 0 Å². The molecule has 1 amide bonds. The van der Waals surface area contributed by atoms with Gasteiger partial charge in [0.1, 0.15) is 0 Å². The monoisotopic (exact) mass is 287 g/mol. The summed E-state index contributed by atoms with van der Waals surface area (Å²) in [6.45, 7) is 5.44. The normalized spacial score (nSPS) is 24.4. The van der Waals surface area contributed by atoms with Crippen LogP contribution in [0.4, 0.5) is 0 Å². The van der Waals surface area contributed by atoms with Crippen molar-refractivity contribution in [1.82, 2.24) is 14.7 Å². The molecule has 2 saturated heterocycles. The molecule has 0 saturated carbocycles. The molecule has 2 aliphatic heterocycles. The van der Waals surface area contributed by atoms with Gasteiger partial charge in [-0.2, -0.15) is 0 Å². The van der Waals surface area contributed by atoms with Gasteiger partial charge >= 0.3 is 0 Å². The third-order valence-corrected chi connectivity index (χ3v) is 4.73. The first-order valence-corrected chi connectivity index (χ1v) is 7.99. The fourth-order valence-corrected chi connectivity index (χ4v) is 3.37. The second kappa shape index (κ2) is 6.58. The first-order chi connectivity index (χ1) is 10.2. The van der Waals surface area contributed by atoms with Gasteiger partial charge in [0.05, 0.1) is 6.54 Å². The van der Waals surface area contributed by atoms with Gasteiger partial charge in [0.25, 0.3) is 0 Å². The van der Waals surface area contributed by atoms with Crippen LogP contribution in [0.1, 0.15) is 24.4 Å². The summed E-state index contributed by atoms with van der Waals surface area (Å²) in [6.07, 6.45) is 2.34. The summed E-state index contributed by atoms with van der Waals surface area (Å²) in [4.78, 5) is 19.0. The standard InChI is InChI=1S/C17H25N3O/c1-18-11-12-19(14-17(21)20-9-5-6-10-20)13-16(18)15-7-3-2-4-8-15/h2-4,7-8,16H,5-6,9-14H2,1H3/t16-/m1/s1. The Hall–Kier alpha value is -1.39. The van der Waals surface area contributed by atoms with Crippen molar-refractivity contribution in [3.05, 3.63) is 35.9 Å². The van der Waals surface area contributed by atoms with E-state index in [0.717, 1.165) is 32.7 Å². The summed E-state index contributed by atoms with van der Waals surface area (Å²) < 4.78 is 0. The van der Waals surface area contributed by atoms with E-state index >= 15 is 0 Å². The lowest BCUT2D eigenvalue weighted by atomic mass is 10.0. The highest BCUT2D eigenvalue weighted by Crippen LogP contribution is 2.23. The lowest BCUT2D eigenvalue weighted by Crippen LogP contribution is -2.50. The first kappa shape index (κ1) is 14.5. The molecular formula is C17H25N3O. The topological polar surface area (TPSA) is 26.8 Å². The van der Waals surface area contributed by atoms with Crippen molar-refractivity contribution in [3.63, 3.8) is 0 Å². The third-order valence-electron chi connectivity index (χ3n) is 4.73. The van der Waals surface area contributed by atoms with Crippen LogP contribution in [0.5, 0.6) is 0 Å². The van der Waals surface area contributed by atoms with E-state index in [-0.39, 0.29) is 0 Å². The predicted octanol–water partition coefficient (Wildman–Crippen LogP) is 1.60. The van der Waals surface area contributed by atoms with E-state index in [1.165, 1.54) is 18.4 Å². The highest BCUT2D eigenvalue weighted by Gasteiger charge is 2.28. The highest BCUT2D eigenvalue weighted by molar-refractivity contribution is 5.78. The number of hydrogen-bond acceptors (Lipinski definition) is 3. The van der Waals surface area contributed by atoms with Crippen LogP contribution in [0.2, 0.25) is 0 Å². The number of carbonyl (C=O) groups excluding carboxylic acids is 1. The van der Waals surface area contributed by atoms with Gasteiger partial charge in [0, 0.05) is 38.8 Å². The van der Waals surface area contributed by atoms with Gasteiger partial charge in [0.15, 0.2) is 0 Å². The number of rotatable bonds is 3. The van der Waals surface area contributed by atoms with Crippen LogP contribution in [0, 0.1) is 0 Å². The second-order valence-electron chi connectivity index (χ2n) is 6.23. The molecule has 3 rings (SSSR count). The maximum absolute atomic E-state index is 12.3. The molecule has 0 N–H and O–H groups in total. The zero-order valence-corrected chi connectivity index (χ0v) is 12.9. The van der Waals surface area contributed by atoms with Gasteiger partial charge in [0.2, 0.25) is 5.91 Å². The van der Waals surface area contributed by atoms with Crippen LogP contribution in [0.3, 0.4) is 0 Å². The van der Waals surface area contributed by atoms with Crippen molar-refractivity contribution in [3.8, 4) is 0 Å². The molecule has 2 fully saturated rings. The molecule has 2 aliphatic rings. The minimum absolute atomic E-state index is 0.309. The van der Waals surface area contributed by atoms with Gasteiger partial charge in [-0.05, 0) is 25.5 Å². The fraction of sp³-hybridized carbons (Fsp3) is 0.588. The second-order valence-corrected chi connectivity index (χ2v) is 6.23. The summed E-state index contributed by atoms with van der Waals surface area (Å²) in [5.74, 6) is 0.309. The molecular weight excluding hydrogens is 262 g/mol. The van der Waals surface area contributed by atoms with E-state index in [1.54, 1.807) is 0 Å². The number of amides is 1. The minimum atomic E-state index is 0.309. The molecule has 4 heteroatoms. The van der Waals surface area contributed by atoms with Crippen LogP contribution in [0.15, 0.2) is 30.3 Å². The largest absolute Gasteiger partial charge is 0.342 e. The van der Waals surface area contributed by atoms with E-state index in [2.05, 4.69) is 47.2 Å². The fourth-order valence-electron chi connectivity index (χ4n) is 3.37. The Labute approximate surface area is 127 Å². The Balaban J connectivity index is 1.61. The zero-order chi connectivity index (χ0) is 14.7. The molecule has 0 aromatic heterocycles. The van der Waals surface area contributed by atoms with Crippen LogP contribution >= 0.6 is 0 Å². The molecule has 1 atom stereocenters. The zero-order valence-electron chi connectivity index (χ0n) is 12.9. The Morgan fingerprint density at radius 2 is 1.81 bits per heavy atom. The Morgan fingerprint density at radius 1 is 1.10 bits per heavy atom. The minimum Gasteiger partial charge on any atom is -0.342 e. The van der Waals surface area contributed by atoms with Crippen molar-refractivity contribution < 1.29 is 4.79 Å². The number of benzene rings is 1. The molecule has 114 valence electrons.